The van der Waals surface area contributed by atoms with Gasteiger partial charge in [0.15, 0.2) is 0 Å². The second kappa shape index (κ2) is 16.3. The maximum absolute atomic E-state index is 12.7. The van der Waals surface area contributed by atoms with Gasteiger partial charge < -0.3 is 4.74 Å². The molecule has 0 aromatic carbocycles. The van der Waals surface area contributed by atoms with Gasteiger partial charge in [0.1, 0.15) is 0 Å². The summed E-state index contributed by atoms with van der Waals surface area (Å²) in [5.41, 5.74) is -1.24. The normalized spacial score (nSPS) is 12.0. The van der Waals surface area contributed by atoms with E-state index in [4.69, 9.17) is 4.74 Å². The molecule has 1 nitrogen and oxygen atoms in total. The highest BCUT2D eigenvalue weighted by Crippen LogP contribution is 2.18. The van der Waals surface area contributed by atoms with E-state index >= 15 is 0 Å². The van der Waals surface area contributed by atoms with Crippen LogP contribution >= 0.6 is 0 Å². The summed E-state index contributed by atoms with van der Waals surface area (Å²) in [5, 5.41) is 0. The molecule has 0 saturated carbocycles. The number of unbranched alkanes of at least 4 members (excludes halogenated alkanes) is 12. The number of ether oxygens (including phenoxy) is 1. The predicted octanol–water partition coefficient (Wildman–Crippen LogP) is 6.00. The molecule has 0 bridgehead atoms. The third-order valence-corrected chi connectivity index (χ3v) is 4.75. The molecule has 0 aliphatic rings. The van der Waals surface area contributed by atoms with Gasteiger partial charge in [-0.05, 0) is 19.8 Å². The molecule has 0 aromatic rings. The van der Waals surface area contributed by atoms with E-state index in [0.717, 1.165) is 25.0 Å². The van der Waals surface area contributed by atoms with E-state index < -0.39 is 5.55 Å². The van der Waals surface area contributed by atoms with Crippen LogP contribution in [0, 0.1) is 0 Å². The molecule has 4 heteroatoms. The molecule has 0 aromatic heterocycles. The monoisotopic (exact) mass is 362 g/mol. The maximum Gasteiger partial charge on any atom is 0.219 e. The Balaban J connectivity index is 3.04. The lowest BCUT2D eigenvalue weighted by atomic mass is 10.0. The molecule has 0 amide bonds. The Bertz CT molecular complexity index is 290. The van der Waals surface area contributed by atoms with Crippen LogP contribution in [0.2, 0.25) is 0 Å². The van der Waals surface area contributed by atoms with Gasteiger partial charge in [0, 0.05) is 13.0 Å². The molecule has 0 heterocycles. The van der Waals surface area contributed by atoms with Gasteiger partial charge in [-0.25, -0.2) is 8.78 Å². The summed E-state index contributed by atoms with van der Waals surface area (Å²) in [4.78, 5) is 0. The molecule has 0 atom stereocenters. The van der Waals surface area contributed by atoms with Crippen LogP contribution in [-0.4, -0.2) is 29.0 Å². The van der Waals surface area contributed by atoms with E-state index in [2.05, 4.69) is 6.58 Å². The third kappa shape index (κ3) is 21.8. The van der Waals surface area contributed by atoms with E-state index in [9.17, 15) is 8.78 Å². The number of hydrogen-bond donors (Lipinski definition) is 0. The standard InChI is InChI=1S/C20H40F2OSi/c1-19(2)18-23-17-15-13-11-9-7-5-3-4-6-8-10-12-14-16-20(21,22)24/h1,3-18H2,2,24H3. The Labute approximate surface area is 152 Å². The number of hydrogen-bond acceptors (Lipinski definition) is 1. The highest BCUT2D eigenvalue weighted by molar-refractivity contribution is 6.13. The van der Waals surface area contributed by atoms with E-state index in [1.165, 1.54) is 64.2 Å². The van der Waals surface area contributed by atoms with E-state index in [1.54, 1.807) is 0 Å². The van der Waals surface area contributed by atoms with Crippen LogP contribution < -0.4 is 0 Å². The molecule has 0 spiro atoms. The molecule has 0 rings (SSSR count). The average molecular weight is 363 g/mol. The minimum atomic E-state index is -2.34. The number of alkyl halides is 2. The van der Waals surface area contributed by atoms with Crippen molar-refractivity contribution in [3.8, 4) is 0 Å². The summed E-state index contributed by atoms with van der Waals surface area (Å²) >= 11 is 0. The molecule has 0 aliphatic heterocycles. The van der Waals surface area contributed by atoms with Crippen molar-refractivity contribution >= 4 is 10.2 Å². The Morgan fingerprint density at radius 2 is 1.17 bits per heavy atom. The zero-order valence-electron chi connectivity index (χ0n) is 16.2. The van der Waals surface area contributed by atoms with Crippen LogP contribution in [-0.2, 0) is 4.74 Å². The van der Waals surface area contributed by atoms with Gasteiger partial charge >= 0.3 is 0 Å². The average Bonchev–Trinajstić information content (AvgIpc) is 2.49. The smallest absolute Gasteiger partial charge is 0.219 e. The Morgan fingerprint density at radius 1 is 0.792 bits per heavy atom. The van der Waals surface area contributed by atoms with Crippen LogP contribution in [0.5, 0.6) is 0 Å². The zero-order valence-corrected chi connectivity index (χ0v) is 18.2. The minimum absolute atomic E-state index is 0.00566. The van der Waals surface area contributed by atoms with Gasteiger partial charge in [-0.1, -0.05) is 82.8 Å². The van der Waals surface area contributed by atoms with Gasteiger partial charge in [-0.15, -0.1) is 0 Å². The first kappa shape index (κ1) is 23.8. The Kier molecular flexibility index (Phi) is 16.1. The lowest BCUT2D eigenvalue weighted by Crippen LogP contribution is -2.14. The van der Waals surface area contributed by atoms with Crippen molar-refractivity contribution in [3.05, 3.63) is 12.2 Å². The summed E-state index contributed by atoms with van der Waals surface area (Å²) in [6.07, 6.45) is 15.9. The fraction of sp³-hybridized carbons (Fsp3) is 0.900. The lowest BCUT2D eigenvalue weighted by Gasteiger charge is -2.09. The molecule has 0 N–H and O–H groups in total. The maximum atomic E-state index is 12.7. The van der Waals surface area contributed by atoms with Gasteiger partial charge in [-0.3, -0.25) is 0 Å². The van der Waals surface area contributed by atoms with Crippen LogP contribution in [0.15, 0.2) is 12.2 Å². The van der Waals surface area contributed by atoms with Gasteiger partial charge in [-0.2, -0.15) is 0 Å². The predicted molar refractivity (Wildman–Crippen MR) is 105 cm³/mol. The minimum Gasteiger partial charge on any atom is -0.377 e. The summed E-state index contributed by atoms with van der Waals surface area (Å²) in [5.74, 6) is 0. The number of rotatable bonds is 18. The molecule has 144 valence electrons. The Hall–Kier alpha value is -0.223. The fourth-order valence-corrected chi connectivity index (χ4v) is 3.18. The van der Waals surface area contributed by atoms with Crippen LogP contribution in [0.1, 0.15) is 96.8 Å². The van der Waals surface area contributed by atoms with Gasteiger partial charge in [0.05, 0.1) is 16.8 Å². The first-order chi connectivity index (χ1) is 11.4. The highest BCUT2D eigenvalue weighted by atomic mass is 28.1. The highest BCUT2D eigenvalue weighted by Gasteiger charge is 2.18. The zero-order chi connectivity index (χ0) is 18.1. The molecule has 0 saturated heterocycles. The summed E-state index contributed by atoms with van der Waals surface area (Å²) in [7, 11) is 0.00566. The molecule has 0 radical (unpaired) electrons. The second-order valence-electron chi connectivity index (χ2n) is 7.43. The van der Waals surface area contributed by atoms with Crippen molar-refractivity contribution in [1.29, 1.82) is 0 Å². The van der Waals surface area contributed by atoms with Crippen molar-refractivity contribution in [1.82, 2.24) is 0 Å². The summed E-state index contributed by atoms with van der Waals surface area (Å²) in [6.45, 7) is 7.38. The summed E-state index contributed by atoms with van der Waals surface area (Å²) < 4.78 is 30.9. The quantitative estimate of drug-likeness (QED) is 0.165. The largest absolute Gasteiger partial charge is 0.377 e. The lowest BCUT2D eigenvalue weighted by molar-refractivity contribution is 0.0819. The number of halogens is 2. The van der Waals surface area contributed by atoms with E-state index in [0.29, 0.717) is 13.0 Å². The van der Waals surface area contributed by atoms with Gasteiger partial charge in [0.25, 0.3) is 0 Å². The topological polar surface area (TPSA) is 9.23 Å². The summed E-state index contributed by atoms with van der Waals surface area (Å²) in [6, 6.07) is 0. The molecular formula is C20H40F2OSi. The van der Waals surface area contributed by atoms with Gasteiger partial charge in [0.2, 0.25) is 5.55 Å². The SMILES string of the molecule is C=C(C)COCCCCCCCCCCCCCCCC(F)(F)[SiH3]. The van der Waals surface area contributed by atoms with Crippen molar-refractivity contribution in [2.24, 2.45) is 0 Å². The van der Waals surface area contributed by atoms with E-state index in [1.807, 2.05) is 6.92 Å². The molecular weight excluding hydrogens is 322 g/mol. The first-order valence-corrected chi connectivity index (χ1v) is 11.0. The van der Waals surface area contributed by atoms with Crippen LogP contribution in [0.4, 0.5) is 8.78 Å². The molecule has 0 aliphatic carbocycles. The van der Waals surface area contributed by atoms with Crippen molar-refractivity contribution in [2.45, 2.75) is 102 Å². The Morgan fingerprint density at radius 3 is 1.54 bits per heavy atom. The molecule has 0 unspecified atom stereocenters. The first-order valence-electron chi connectivity index (χ1n) is 10.0. The third-order valence-electron chi connectivity index (χ3n) is 4.25. The van der Waals surface area contributed by atoms with Crippen molar-refractivity contribution in [2.75, 3.05) is 13.2 Å². The van der Waals surface area contributed by atoms with E-state index in [-0.39, 0.29) is 16.7 Å². The van der Waals surface area contributed by atoms with Crippen LogP contribution in [0.25, 0.3) is 0 Å². The fourth-order valence-electron chi connectivity index (χ4n) is 2.83. The molecule has 0 fully saturated rings. The van der Waals surface area contributed by atoms with Crippen LogP contribution in [0.3, 0.4) is 0 Å². The van der Waals surface area contributed by atoms with Crippen molar-refractivity contribution in [3.63, 3.8) is 0 Å². The molecule has 24 heavy (non-hydrogen) atoms. The second-order valence-corrected chi connectivity index (χ2v) is 8.89. The van der Waals surface area contributed by atoms with Crippen molar-refractivity contribution < 1.29 is 13.5 Å².